The molecule has 2 rings (SSSR count). The Morgan fingerprint density at radius 1 is 1.57 bits per heavy atom. The summed E-state index contributed by atoms with van der Waals surface area (Å²) in [4.78, 5) is 1.84. The highest BCUT2D eigenvalue weighted by Crippen LogP contribution is 2.22. The first-order valence-corrected chi connectivity index (χ1v) is 6.76. The zero-order valence-electron chi connectivity index (χ0n) is 7.62. The third-order valence-corrected chi connectivity index (χ3v) is 4.79. The third kappa shape index (κ3) is 1.85. The van der Waals surface area contributed by atoms with Crippen molar-refractivity contribution in [3.8, 4) is 0 Å². The Hall–Kier alpha value is -0.760. The average molecular weight is 234 g/mol. The average Bonchev–Trinajstić information content (AvgIpc) is 2.72. The van der Waals surface area contributed by atoms with E-state index in [9.17, 15) is 8.42 Å². The summed E-state index contributed by atoms with van der Waals surface area (Å²) in [5.74, 6) is 0.483. The first kappa shape index (κ1) is 9.78. The van der Waals surface area contributed by atoms with Gasteiger partial charge in [0.05, 0.1) is 11.5 Å². The standard InChI is InChI=1S/C6H10N4O2S2/c1-10(6-7-8-9-13-6)5-2-3-14(11,12)4-5/h5H,2-4H2,1H3. The molecule has 1 aromatic rings. The normalized spacial score (nSPS) is 25.1. The SMILES string of the molecule is CN(c1nnns1)C1CCS(=O)(=O)C1. The highest BCUT2D eigenvalue weighted by atomic mass is 32.2. The van der Waals surface area contributed by atoms with E-state index >= 15 is 0 Å². The number of anilines is 1. The van der Waals surface area contributed by atoms with Gasteiger partial charge in [0.1, 0.15) is 0 Å². The van der Waals surface area contributed by atoms with Gasteiger partial charge in [0.25, 0.3) is 0 Å². The zero-order chi connectivity index (χ0) is 10.2. The van der Waals surface area contributed by atoms with Gasteiger partial charge in [-0.2, -0.15) is 0 Å². The summed E-state index contributed by atoms with van der Waals surface area (Å²) in [6.45, 7) is 0. The van der Waals surface area contributed by atoms with Crippen molar-refractivity contribution in [2.24, 2.45) is 0 Å². The maximum absolute atomic E-state index is 11.2. The molecular formula is C6H10N4O2S2. The minimum Gasteiger partial charge on any atom is -0.344 e. The minimum atomic E-state index is -2.84. The predicted molar refractivity (Wildman–Crippen MR) is 53.2 cm³/mol. The van der Waals surface area contributed by atoms with Crippen LogP contribution in [0.5, 0.6) is 0 Å². The van der Waals surface area contributed by atoms with Crippen LogP contribution < -0.4 is 4.90 Å². The molecule has 1 atom stereocenters. The van der Waals surface area contributed by atoms with Crippen LogP contribution in [0.1, 0.15) is 6.42 Å². The summed E-state index contributed by atoms with van der Waals surface area (Å²) in [6, 6.07) is 0.0229. The van der Waals surface area contributed by atoms with Crippen molar-refractivity contribution in [2.45, 2.75) is 12.5 Å². The molecule has 2 heterocycles. The Morgan fingerprint density at radius 2 is 2.36 bits per heavy atom. The Kier molecular flexibility index (Phi) is 2.40. The second-order valence-corrected chi connectivity index (χ2v) is 6.25. The van der Waals surface area contributed by atoms with Gasteiger partial charge >= 0.3 is 0 Å². The third-order valence-electron chi connectivity index (χ3n) is 2.35. The number of aromatic nitrogens is 3. The van der Waals surface area contributed by atoms with E-state index in [0.29, 0.717) is 11.6 Å². The van der Waals surface area contributed by atoms with E-state index in [1.807, 2.05) is 11.9 Å². The molecule has 0 radical (unpaired) electrons. The number of nitrogens with zero attached hydrogens (tertiary/aromatic N) is 4. The van der Waals surface area contributed by atoms with Gasteiger partial charge in [-0.3, -0.25) is 0 Å². The summed E-state index contributed by atoms with van der Waals surface area (Å²) in [6.07, 6.45) is 0.665. The Bertz CT molecular complexity index is 401. The van der Waals surface area contributed by atoms with Crippen LogP contribution >= 0.6 is 11.5 Å². The molecule has 14 heavy (non-hydrogen) atoms. The van der Waals surface area contributed by atoms with Crippen LogP contribution in [0.15, 0.2) is 0 Å². The molecule has 1 unspecified atom stereocenters. The molecule has 0 amide bonds. The number of hydrogen-bond acceptors (Lipinski definition) is 7. The molecule has 0 aliphatic carbocycles. The fourth-order valence-corrected chi connectivity index (χ4v) is 3.77. The molecule has 0 aromatic carbocycles. The fraction of sp³-hybridized carbons (Fsp3) is 0.833. The topological polar surface area (TPSA) is 76.1 Å². The highest BCUT2D eigenvalue weighted by Gasteiger charge is 2.31. The van der Waals surface area contributed by atoms with Crippen LogP contribution in [0.25, 0.3) is 0 Å². The molecule has 0 bridgehead atoms. The largest absolute Gasteiger partial charge is 0.344 e. The van der Waals surface area contributed by atoms with E-state index in [2.05, 4.69) is 14.8 Å². The van der Waals surface area contributed by atoms with Crippen molar-refractivity contribution < 1.29 is 8.42 Å². The molecule has 1 saturated heterocycles. The van der Waals surface area contributed by atoms with Crippen molar-refractivity contribution in [3.05, 3.63) is 0 Å². The first-order valence-electron chi connectivity index (χ1n) is 4.17. The smallest absolute Gasteiger partial charge is 0.227 e. The monoisotopic (exact) mass is 234 g/mol. The lowest BCUT2D eigenvalue weighted by atomic mass is 10.2. The molecule has 1 aliphatic rings. The van der Waals surface area contributed by atoms with Crippen LogP contribution in [0, 0.1) is 0 Å². The van der Waals surface area contributed by atoms with E-state index < -0.39 is 9.84 Å². The lowest BCUT2D eigenvalue weighted by Gasteiger charge is -2.20. The summed E-state index contributed by atoms with van der Waals surface area (Å²) in [7, 11) is -1.01. The van der Waals surface area contributed by atoms with E-state index in [0.717, 1.165) is 0 Å². The van der Waals surface area contributed by atoms with E-state index in [1.54, 1.807) is 0 Å². The summed E-state index contributed by atoms with van der Waals surface area (Å²) >= 11 is 1.18. The van der Waals surface area contributed by atoms with E-state index in [-0.39, 0.29) is 17.5 Å². The maximum Gasteiger partial charge on any atom is 0.227 e. The Labute approximate surface area is 86.0 Å². The quantitative estimate of drug-likeness (QED) is 0.690. The first-order chi connectivity index (χ1) is 6.58. The van der Waals surface area contributed by atoms with Crippen LogP contribution in [0.3, 0.4) is 0 Å². The van der Waals surface area contributed by atoms with Gasteiger partial charge in [0, 0.05) is 24.6 Å². The van der Waals surface area contributed by atoms with Gasteiger partial charge < -0.3 is 4.90 Å². The molecule has 1 aliphatic heterocycles. The van der Waals surface area contributed by atoms with Gasteiger partial charge in [0.2, 0.25) is 5.13 Å². The second kappa shape index (κ2) is 3.43. The lowest BCUT2D eigenvalue weighted by Crippen LogP contribution is -2.32. The van der Waals surface area contributed by atoms with Crippen LogP contribution in [0.2, 0.25) is 0 Å². The Balaban J connectivity index is 2.11. The number of sulfone groups is 1. The number of rotatable bonds is 2. The van der Waals surface area contributed by atoms with Crippen LogP contribution in [-0.2, 0) is 9.84 Å². The van der Waals surface area contributed by atoms with Crippen LogP contribution in [0.4, 0.5) is 5.13 Å². The molecular weight excluding hydrogens is 224 g/mol. The summed E-state index contributed by atoms with van der Waals surface area (Å²) in [5.41, 5.74) is 0. The fourth-order valence-electron chi connectivity index (χ4n) is 1.50. The molecule has 8 heteroatoms. The molecule has 78 valence electrons. The summed E-state index contributed by atoms with van der Waals surface area (Å²) < 4.78 is 26.1. The van der Waals surface area contributed by atoms with Gasteiger partial charge in [-0.25, -0.2) is 8.42 Å². The number of hydrogen-bond donors (Lipinski definition) is 0. The molecule has 0 N–H and O–H groups in total. The predicted octanol–water partition coefficient (Wildman–Crippen LogP) is -0.444. The highest BCUT2D eigenvalue weighted by molar-refractivity contribution is 7.91. The van der Waals surface area contributed by atoms with Crippen molar-refractivity contribution in [2.75, 3.05) is 23.5 Å². The molecule has 6 nitrogen and oxygen atoms in total. The van der Waals surface area contributed by atoms with E-state index in [1.165, 1.54) is 11.5 Å². The molecule has 0 saturated carbocycles. The van der Waals surface area contributed by atoms with Gasteiger partial charge in [0.15, 0.2) is 9.84 Å². The second-order valence-electron chi connectivity index (χ2n) is 3.31. The van der Waals surface area contributed by atoms with Crippen LogP contribution in [-0.4, -0.2) is 47.8 Å². The van der Waals surface area contributed by atoms with Gasteiger partial charge in [-0.15, -0.1) is 0 Å². The summed E-state index contributed by atoms with van der Waals surface area (Å²) in [5, 5.41) is 7.95. The minimum absolute atomic E-state index is 0.0229. The molecule has 0 spiro atoms. The van der Waals surface area contributed by atoms with Crippen molar-refractivity contribution in [3.63, 3.8) is 0 Å². The molecule has 1 aromatic heterocycles. The van der Waals surface area contributed by atoms with Gasteiger partial charge in [-0.05, 0) is 11.6 Å². The zero-order valence-corrected chi connectivity index (χ0v) is 9.25. The van der Waals surface area contributed by atoms with Gasteiger partial charge in [-0.1, -0.05) is 9.59 Å². The van der Waals surface area contributed by atoms with Crippen molar-refractivity contribution >= 4 is 26.5 Å². The van der Waals surface area contributed by atoms with Crippen molar-refractivity contribution in [1.29, 1.82) is 0 Å². The van der Waals surface area contributed by atoms with Crippen molar-refractivity contribution in [1.82, 2.24) is 14.8 Å². The lowest BCUT2D eigenvalue weighted by molar-refractivity contribution is 0.600. The molecule has 1 fully saturated rings. The Morgan fingerprint density at radius 3 is 2.86 bits per heavy atom. The van der Waals surface area contributed by atoms with E-state index in [4.69, 9.17) is 0 Å². The maximum atomic E-state index is 11.2.